The van der Waals surface area contributed by atoms with E-state index in [1.165, 1.54) is 5.56 Å². The van der Waals surface area contributed by atoms with Gasteiger partial charge in [-0.15, -0.1) is 5.10 Å². The van der Waals surface area contributed by atoms with Crippen molar-refractivity contribution < 1.29 is 4.79 Å². The third kappa shape index (κ3) is 2.53. The Morgan fingerprint density at radius 1 is 1.05 bits per heavy atom. The fourth-order valence-electron chi connectivity index (χ4n) is 2.33. The van der Waals surface area contributed by atoms with Gasteiger partial charge in [0, 0.05) is 18.0 Å². The molecule has 0 aliphatic rings. The quantitative estimate of drug-likeness (QED) is 0.692. The van der Waals surface area contributed by atoms with Crippen LogP contribution in [0.5, 0.6) is 0 Å². The Morgan fingerprint density at radius 3 is 2.32 bits per heavy atom. The number of hydrogen-bond acceptors (Lipinski definition) is 4. The highest BCUT2D eigenvalue weighted by atomic mass is 16.1. The number of nitrogens with zero attached hydrogens (tertiary/aromatic N) is 4. The van der Waals surface area contributed by atoms with E-state index in [0.29, 0.717) is 17.3 Å². The van der Waals surface area contributed by atoms with Crippen molar-refractivity contribution in [1.82, 2.24) is 20.0 Å². The average molecular weight is 292 g/mol. The molecule has 0 atom stereocenters. The molecule has 1 aromatic carbocycles. The zero-order valence-electron chi connectivity index (χ0n) is 12.5. The molecule has 5 heteroatoms. The van der Waals surface area contributed by atoms with Gasteiger partial charge in [-0.25, -0.2) is 4.68 Å². The van der Waals surface area contributed by atoms with Crippen molar-refractivity contribution in [3.05, 3.63) is 60.0 Å². The first-order chi connectivity index (χ1) is 10.7. The maximum absolute atomic E-state index is 11.3. The fourth-order valence-corrected chi connectivity index (χ4v) is 2.33. The van der Waals surface area contributed by atoms with E-state index >= 15 is 0 Å². The van der Waals surface area contributed by atoms with Gasteiger partial charge in [0.25, 0.3) is 0 Å². The first-order valence-corrected chi connectivity index (χ1v) is 7.12. The molecule has 110 valence electrons. The van der Waals surface area contributed by atoms with Crippen LogP contribution in [0, 0.1) is 0 Å². The SMILES string of the molecule is CC(C)c1ccc(-n2nnc(C=O)c2-c2ccncc2)cc1. The summed E-state index contributed by atoms with van der Waals surface area (Å²) < 4.78 is 1.68. The van der Waals surface area contributed by atoms with Crippen molar-refractivity contribution in [2.75, 3.05) is 0 Å². The Labute approximate surface area is 128 Å². The molecule has 0 amide bonds. The molecule has 0 unspecified atom stereocenters. The van der Waals surface area contributed by atoms with Gasteiger partial charge < -0.3 is 0 Å². The Morgan fingerprint density at radius 2 is 1.73 bits per heavy atom. The van der Waals surface area contributed by atoms with Crippen LogP contribution in [-0.4, -0.2) is 26.3 Å². The summed E-state index contributed by atoms with van der Waals surface area (Å²) in [4.78, 5) is 15.3. The number of pyridine rings is 1. The van der Waals surface area contributed by atoms with Crippen molar-refractivity contribution in [2.24, 2.45) is 0 Å². The van der Waals surface area contributed by atoms with Crippen LogP contribution >= 0.6 is 0 Å². The standard InChI is InChI=1S/C17H16N4O/c1-12(2)13-3-5-15(6-4-13)21-17(16(11-22)19-20-21)14-7-9-18-10-8-14/h3-12H,1-2H3. The van der Waals surface area contributed by atoms with Gasteiger partial charge in [0.05, 0.1) is 5.69 Å². The van der Waals surface area contributed by atoms with E-state index in [9.17, 15) is 4.79 Å². The number of aldehydes is 1. The predicted molar refractivity (Wildman–Crippen MR) is 84.1 cm³/mol. The average Bonchev–Trinajstić information content (AvgIpc) is 2.99. The highest BCUT2D eigenvalue weighted by Gasteiger charge is 2.15. The monoisotopic (exact) mass is 292 g/mol. The first-order valence-electron chi connectivity index (χ1n) is 7.12. The molecule has 0 saturated carbocycles. The van der Waals surface area contributed by atoms with Crippen molar-refractivity contribution in [1.29, 1.82) is 0 Å². The minimum absolute atomic E-state index is 0.319. The molecule has 2 heterocycles. The van der Waals surface area contributed by atoms with Gasteiger partial charge in [0.15, 0.2) is 12.0 Å². The second-order valence-electron chi connectivity index (χ2n) is 5.34. The molecule has 0 aliphatic carbocycles. The fraction of sp³-hybridized carbons (Fsp3) is 0.176. The zero-order valence-corrected chi connectivity index (χ0v) is 12.5. The molecule has 3 rings (SSSR count). The largest absolute Gasteiger partial charge is 0.296 e. The van der Waals surface area contributed by atoms with Crippen LogP contribution in [0.3, 0.4) is 0 Å². The molecule has 0 bridgehead atoms. The molecule has 0 aliphatic heterocycles. The summed E-state index contributed by atoms with van der Waals surface area (Å²) in [6.45, 7) is 4.30. The topological polar surface area (TPSA) is 60.7 Å². The molecule has 0 N–H and O–H groups in total. The molecule has 22 heavy (non-hydrogen) atoms. The van der Waals surface area contributed by atoms with E-state index in [1.807, 2.05) is 24.3 Å². The molecule has 0 fully saturated rings. The van der Waals surface area contributed by atoms with E-state index in [4.69, 9.17) is 0 Å². The van der Waals surface area contributed by atoms with E-state index < -0.39 is 0 Å². The number of aromatic nitrogens is 4. The lowest BCUT2D eigenvalue weighted by molar-refractivity contribution is 0.111. The second kappa shape index (κ2) is 5.89. The highest BCUT2D eigenvalue weighted by Crippen LogP contribution is 2.24. The van der Waals surface area contributed by atoms with E-state index in [-0.39, 0.29) is 0 Å². The molecule has 0 saturated heterocycles. The van der Waals surface area contributed by atoms with E-state index in [2.05, 4.69) is 41.3 Å². The maximum Gasteiger partial charge on any atom is 0.172 e. The maximum atomic E-state index is 11.3. The van der Waals surface area contributed by atoms with Gasteiger partial charge in [-0.05, 0) is 35.7 Å². The van der Waals surface area contributed by atoms with Gasteiger partial charge in [-0.1, -0.05) is 31.2 Å². The van der Waals surface area contributed by atoms with Crippen LogP contribution in [-0.2, 0) is 0 Å². The number of rotatable bonds is 4. The van der Waals surface area contributed by atoms with Gasteiger partial charge in [-0.3, -0.25) is 9.78 Å². The minimum atomic E-state index is 0.319. The lowest BCUT2D eigenvalue weighted by Gasteiger charge is -2.09. The summed E-state index contributed by atoms with van der Waals surface area (Å²) in [5.74, 6) is 0.468. The summed E-state index contributed by atoms with van der Waals surface area (Å²) >= 11 is 0. The predicted octanol–water partition coefficient (Wildman–Crippen LogP) is 3.27. The number of carbonyl (C=O) groups is 1. The van der Waals surface area contributed by atoms with Crippen LogP contribution in [0.15, 0.2) is 48.8 Å². The van der Waals surface area contributed by atoms with Crippen molar-refractivity contribution in [3.63, 3.8) is 0 Å². The van der Waals surface area contributed by atoms with Gasteiger partial charge in [0.2, 0.25) is 0 Å². The molecular formula is C17H16N4O. The number of hydrogen-bond donors (Lipinski definition) is 0. The van der Waals surface area contributed by atoms with Gasteiger partial charge in [0.1, 0.15) is 5.69 Å². The number of carbonyl (C=O) groups excluding carboxylic acids is 1. The molecule has 0 spiro atoms. The summed E-state index contributed by atoms with van der Waals surface area (Å²) in [7, 11) is 0. The Hall–Kier alpha value is -2.82. The van der Waals surface area contributed by atoms with Crippen LogP contribution < -0.4 is 0 Å². The van der Waals surface area contributed by atoms with E-state index in [1.54, 1.807) is 17.1 Å². The summed E-state index contributed by atoms with van der Waals surface area (Å²) in [6.07, 6.45) is 4.09. The zero-order chi connectivity index (χ0) is 15.5. The van der Waals surface area contributed by atoms with Crippen LogP contribution in [0.2, 0.25) is 0 Å². The van der Waals surface area contributed by atoms with Crippen molar-refractivity contribution >= 4 is 6.29 Å². The molecule has 3 aromatic rings. The summed E-state index contributed by atoms with van der Waals surface area (Å²) in [5, 5.41) is 8.09. The molecule has 0 radical (unpaired) electrons. The van der Waals surface area contributed by atoms with E-state index in [0.717, 1.165) is 17.5 Å². The smallest absolute Gasteiger partial charge is 0.172 e. The molecular weight excluding hydrogens is 276 g/mol. The lowest BCUT2D eigenvalue weighted by atomic mass is 10.0. The third-order valence-corrected chi connectivity index (χ3v) is 3.57. The third-order valence-electron chi connectivity index (χ3n) is 3.57. The second-order valence-corrected chi connectivity index (χ2v) is 5.34. The van der Waals surface area contributed by atoms with Gasteiger partial charge in [-0.2, -0.15) is 0 Å². The Kier molecular flexibility index (Phi) is 3.78. The first kappa shape index (κ1) is 14.1. The highest BCUT2D eigenvalue weighted by molar-refractivity contribution is 5.83. The molecule has 5 nitrogen and oxygen atoms in total. The minimum Gasteiger partial charge on any atom is -0.296 e. The van der Waals surface area contributed by atoms with Crippen molar-refractivity contribution in [2.45, 2.75) is 19.8 Å². The Balaban J connectivity index is 2.12. The molecule has 2 aromatic heterocycles. The van der Waals surface area contributed by atoms with Gasteiger partial charge >= 0.3 is 0 Å². The van der Waals surface area contributed by atoms with Crippen LogP contribution in [0.1, 0.15) is 35.8 Å². The van der Waals surface area contributed by atoms with Crippen LogP contribution in [0.25, 0.3) is 16.9 Å². The number of benzene rings is 1. The summed E-state index contributed by atoms with van der Waals surface area (Å²) in [5.41, 5.74) is 3.98. The normalized spacial score (nSPS) is 10.9. The van der Waals surface area contributed by atoms with Crippen molar-refractivity contribution in [3.8, 4) is 16.9 Å². The van der Waals surface area contributed by atoms with Crippen LogP contribution in [0.4, 0.5) is 0 Å². The summed E-state index contributed by atoms with van der Waals surface area (Å²) in [6, 6.07) is 11.8. The Bertz CT molecular complexity index is 776. The lowest BCUT2D eigenvalue weighted by Crippen LogP contribution is -2.00.